The number of benzene rings is 1. The average Bonchev–Trinajstić information content (AvgIpc) is 3.04. The number of rotatable bonds is 4. The summed E-state index contributed by atoms with van der Waals surface area (Å²) in [6.07, 6.45) is -2.34. The van der Waals surface area contributed by atoms with Gasteiger partial charge in [0, 0.05) is 13.1 Å². The molecule has 30 heavy (non-hydrogen) atoms. The fourth-order valence-electron chi connectivity index (χ4n) is 4.63. The highest BCUT2D eigenvalue weighted by Gasteiger charge is 2.42. The van der Waals surface area contributed by atoms with E-state index in [0.717, 1.165) is 17.7 Å². The van der Waals surface area contributed by atoms with Gasteiger partial charge in [-0.25, -0.2) is 4.98 Å². The van der Waals surface area contributed by atoms with E-state index in [2.05, 4.69) is 4.98 Å². The first kappa shape index (κ1) is 20.8. The van der Waals surface area contributed by atoms with Crippen LogP contribution in [-0.4, -0.2) is 63.7 Å². The number of hydrogen-bond acceptors (Lipinski definition) is 4. The molecule has 2 aromatic rings. The van der Waals surface area contributed by atoms with Gasteiger partial charge in [-0.15, -0.1) is 0 Å². The molecule has 4 rings (SSSR count). The number of aromatic nitrogens is 2. The van der Waals surface area contributed by atoms with E-state index in [1.165, 1.54) is 0 Å². The van der Waals surface area contributed by atoms with Crippen molar-refractivity contribution in [1.29, 1.82) is 0 Å². The van der Waals surface area contributed by atoms with Gasteiger partial charge in [-0.3, -0.25) is 19.1 Å². The molecule has 0 bridgehead atoms. The second kappa shape index (κ2) is 8.02. The number of likely N-dealkylation sites (tertiary alicyclic amines) is 2. The number of carbonyl (C=O) groups is 1. The molecule has 0 saturated carbocycles. The molecule has 0 N–H and O–H groups in total. The molecule has 1 aromatic heterocycles. The number of alkyl halides is 3. The maximum atomic E-state index is 12.9. The normalized spacial score (nSPS) is 21.7. The number of nitrogens with zero attached hydrogens (tertiary/aromatic N) is 4. The second-order valence-electron chi connectivity index (χ2n) is 8.25. The van der Waals surface area contributed by atoms with Crippen LogP contribution in [-0.2, 0) is 11.3 Å². The van der Waals surface area contributed by atoms with E-state index in [1.54, 1.807) is 10.6 Å². The first-order valence-electron chi connectivity index (χ1n) is 10.3. The number of carbonyl (C=O) groups excluding carboxylic acids is 1. The van der Waals surface area contributed by atoms with E-state index in [9.17, 15) is 22.8 Å². The van der Waals surface area contributed by atoms with Gasteiger partial charge in [0.1, 0.15) is 12.4 Å². The van der Waals surface area contributed by atoms with Gasteiger partial charge < -0.3 is 4.90 Å². The lowest BCUT2D eigenvalue weighted by Gasteiger charge is -2.35. The summed E-state index contributed by atoms with van der Waals surface area (Å²) in [6, 6.07) is 6.83. The maximum Gasteiger partial charge on any atom is 0.406 e. The molecule has 9 heteroatoms. The Morgan fingerprint density at radius 2 is 1.77 bits per heavy atom. The Morgan fingerprint density at radius 1 is 1.07 bits per heavy atom. The van der Waals surface area contributed by atoms with E-state index in [1.807, 2.05) is 30.0 Å². The molecule has 0 radical (unpaired) electrons. The Kier molecular flexibility index (Phi) is 5.57. The molecule has 0 spiro atoms. The summed E-state index contributed by atoms with van der Waals surface area (Å²) in [5, 5.41) is 0.599. The Hall–Kier alpha value is -2.42. The van der Waals surface area contributed by atoms with Crippen molar-refractivity contribution in [3.8, 4) is 0 Å². The smallest absolute Gasteiger partial charge is 0.332 e. The van der Waals surface area contributed by atoms with Crippen LogP contribution in [0, 0.1) is 12.8 Å². The fraction of sp³-hybridized carbons (Fsp3) is 0.571. The van der Waals surface area contributed by atoms with Crippen LogP contribution in [0.15, 0.2) is 29.1 Å². The largest absolute Gasteiger partial charge is 0.406 e. The van der Waals surface area contributed by atoms with Crippen LogP contribution in [0.5, 0.6) is 0 Å². The van der Waals surface area contributed by atoms with Gasteiger partial charge >= 0.3 is 6.18 Å². The van der Waals surface area contributed by atoms with Crippen molar-refractivity contribution in [1.82, 2.24) is 19.4 Å². The molecule has 2 aliphatic heterocycles. The van der Waals surface area contributed by atoms with E-state index >= 15 is 0 Å². The van der Waals surface area contributed by atoms with Gasteiger partial charge in [-0.1, -0.05) is 12.1 Å². The van der Waals surface area contributed by atoms with Crippen molar-refractivity contribution < 1.29 is 18.0 Å². The van der Waals surface area contributed by atoms with Gasteiger partial charge in [-0.05, 0) is 57.3 Å². The Bertz CT molecular complexity index is 996. The van der Waals surface area contributed by atoms with Crippen molar-refractivity contribution in [2.24, 2.45) is 5.92 Å². The summed E-state index contributed by atoms with van der Waals surface area (Å²) in [5.74, 6) is 0.523. The monoisotopic (exact) mass is 422 g/mol. The minimum absolute atomic E-state index is 0.0470. The first-order chi connectivity index (χ1) is 14.2. The number of hydrogen-bond donors (Lipinski definition) is 0. The molecular formula is C21H25F3N4O2. The fourth-order valence-corrected chi connectivity index (χ4v) is 4.63. The lowest BCUT2D eigenvalue weighted by Crippen LogP contribution is -2.47. The number of halogens is 3. The Labute approximate surface area is 172 Å². The highest BCUT2D eigenvalue weighted by atomic mass is 19.4. The van der Waals surface area contributed by atoms with Gasteiger partial charge in [-0.2, -0.15) is 13.2 Å². The van der Waals surface area contributed by atoms with Crippen molar-refractivity contribution in [3.05, 3.63) is 40.4 Å². The Morgan fingerprint density at radius 3 is 2.47 bits per heavy atom. The summed E-state index contributed by atoms with van der Waals surface area (Å²) in [7, 11) is 0. The number of piperidine rings is 1. The minimum atomic E-state index is -4.36. The van der Waals surface area contributed by atoms with Gasteiger partial charge in [0.15, 0.2) is 0 Å². The molecule has 0 aliphatic carbocycles. The zero-order valence-electron chi connectivity index (χ0n) is 16.9. The third kappa shape index (κ3) is 4.21. The number of para-hydroxylation sites is 1. The van der Waals surface area contributed by atoms with E-state index < -0.39 is 24.7 Å². The van der Waals surface area contributed by atoms with Crippen molar-refractivity contribution >= 4 is 16.8 Å². The molecule has 3 heterocycles. The summed E-state index contributed by atoms with van der Waals surface area (Å²) >= 11 is 0. The zero-order chi connectivity index (χ0) is 21.5. The molecule has 2 saturated heterocycles. The molecular weight excluding hydrogens is 397 g/mol. The maximum absolute atomic E-state index is 12.9. The topological polar surface area (TPSA) is 58.4 Å². The van der Waals surface area contributed by atoms with Gasteiger partial charge in [0.2, 0.25) is 5.91 Å². The van der Waals surface area contributed by atoms with E-state index in [-0.39, 0.29) is 18.0 Å². The summed E-state index contributed by atoms with van der Waals surface area (Å²) in [6.45, 7) is 2.67. The van der Waals surface area contributed by atoms with Gasteiger partial charge in [0.05, 0.1) is 16.9 Å². The van der Waals surface area contributed by atoms with Crippen LogP contribution in [0.2, 0.25) is 0 Å². The van der Waals surface area contributed by atoms with Crippen molar-refractivity contribution in [2.45, 2.75) is 44.9 Å². The summed E-state index contributed by atoms with van der Waals surface area (Å²) in [4.78, 5) is 32.7. The lowest BCUT2D eigenvalue weighted by molar-refractivity contribution is -0.159. The van der Waals surface area contributed by atoms with Crippen LogP contribution in [0.25, 0.3) is 10.9 Å². The molecule has 6 nitrogen and oxygen atoms in total. The molecule has 1 unspecified atom stereocenters. The second-order valence-corrected chi connectivity index (χ2v) is 8.25. The lowest BCUT2D eigenvalue weighted by atomic mass is 9.95. The molecule has 162 valence electrons. The van der Waals surface area contributed by atoms with Crippen LogP contribution in [0.3, 0.4) is 0 Å². The summed E-state index contributed by atoms with van der Waals surface area (Å²) < 4.78 is 39.6. The summed E-state index contributed by atoms with van der Waals surface area (Å²) in [5.41, 5.74) is 0.642. The van der Waals surface area contributed by atoms with E-state index in [4.69, 9.17) is 0 Å². The molecule has 2 fully saturated rings. The van der Waals surface area contributed by atoms with Crippen LogP contribution < -0.4 is 5.56 Å². The number of aryl methyl sites for hydroxylation is 1. The predicted octanol–water partition coefficient (Wildman–Crippen LogP) is 2.58. The quantitative estimate of drug-likeness (QED) is 0.760. The SMILES string of the molecule is Cc1nc2ccccc2c(=O)n1CC1CCN(C2CCN(CC(F)(F)F)C2=O)CC1. The van der Waals surface area contributed by atoms with Crippen LogP contribution >= 0.6 is 0 Å². The van der Waals surface area contributed by atoms with Crippen LogP contribution in [0.4, 0.5) is 13.2 Å². The third-order valence-electron chi connectivity index (χ3n) is 6.22. The van der Waals surface area contributed by atoms with Gasteiger partial charge in [0.25, 0.3) is 5.56 Å². The third-order valence-corrected chi connectivity index (χ3v) is 6.22. The highest BCUT2D eigenvalue weighted by Crippen LogP contribution is 2.27. The number of fused-ring (bicyclic) bond motifs is 1. The number of amides is 1. The van der Waals surface area contributed by atoms with Crippen molar-refractivity contribution in [3.63, 3.8) is 0 Å². The van der Waals surface area contributed by atoms with Crippen molar-refractivity contribution in [2.75, 3.05) is 26.2 Å². The first-order valence-corrected chi connectivity index (χ1v) is 10.3. The molecule has 1 aromatic carbocycles. The molecule has 2 aliphatic rings. The molecule has 1 amide bonds. The Balaban J connectivity index is 1.39. The average molecular weight is 422 g/mol. The van der Waals surface area contributed by atoms with Crippen LogP contribution in [0.1, 0.15) is 25.1 Å². The molecule has 1 atom stereocenters. The van der Waals surface area contributed by atoms with E-state index in [0.29, 0.717) is 42.8 Å². The standard InChI is InChI=1S/C21H25F3N4O2/c1-14-25-17-5-3-2-4-16(17)19(29)28(14)12-15-6-9-26(10-7-15)18-8-11-27(20(18)30)13-21(22,23)24/h2-5,15,18H,6-13H2,1H3. The highest BCUT2D eigenvalue weighted by molar-refractivity contribution is 5.84. The zero-order valence-corrected chi connectivity index (χ0v) is 16.9. The minimum Gasteiger partial charge on any atom is -0.332 e. The predicted molar refractivity (Wildman–Crippen MR) is 106 cm³/mol.